The van der Waals surface area contributed by atoms with E-state index in [2.05, 4.69) is 23.3 Å². The van der Waals surface area contributed by atoms with Gasteiger partial charge in [-0.2, -0.15) is 29.8 Å². The van der Waals surface area contributed by atoms with Crippen LogP contribution < -0.4 is 4.90 Å². The number of hydrogen-bond acceptors (Lipinski definition) is 8. The molecule has 0 radical (unpaired) electrons. The zero-order valence-electron chi connectivity index (χ0n) is 33.5. The smallest absolute Gasteiger partial charge is 0.303 e. The molecule has 0 bridgehead atoms. The minimum atomic E-state index is -4.90. The van der Waals surface area contributed by atoms with Crippen molar-refractivity contribution in [3.8, 4) is 0 Å². The van der Waals surface area contributed by atoms with Gasteiger partial charge in [0.05, 0.1) is 15.2 Å². The van der Waals surface area contributed by atoms with Crippen LogP contribution in [0.25, 0.3) is 21.5 Å². The molecule has 0 aliphatic carbocycles. The molecule has 6 rings (SSSR count). The molecule has 2 heterocycles. The second kappa shape index (κ2) is 16.0. The Balaban J connectivity index is 1.39. The molecular formula is C43H49N2O11S3+. The van der Waals surface area contributed by atoms with Crippen molar-refractivity contribution in [3.63, 3.8) is 0 Å². The number of hydrogen-bond donors (Lipinski definition) is 4. The molecule has 4 aromatic carbocycles. The Bertz CT molecular complexity index is 2850. The number of unbranched alkanes of at least 4 members (excludes halogenated alkanes) is 4. The fourth-order valence-electron chi connectivity index (χ4n) is 8.74. The molecule has 0 saturated carbocycles. The van der Waals surface area contributed by atoms with E-state index in [0.717, 1.165) is 65.2 Å². The van der Waals surface area contributed by atoms with Crippen molar-refractivity contribution in [2.45, 2.75) is 98.7 Å². The fourth-order valence-corrected chi connectivity index (χ4v) is 10.6. The number of aliphatic carboxylic acids is 1. The van der Waals surface area contributed by atoms with E-state index in [9.17, 15) is 43.7 Å². The summed E-state index contributed by atoms with van der Waals surface area (Å²) >= 11 is 0. The maximum atomic E-state index is 12.5. The molecule has 0 spiro atoms. The second-order valence-corrected chi connectivity index (χ2v) is 20.2. The number of carboxylic acid groups (broad SMARTS) is 1. The molecule has 0 fully saturated rings. The van der Waals surface area contributed by atoms with Crippen molar-refractivity contribution in [2.75, 3.05) is 18.0 Å². The summed E-state index contributed by atoms with van der Waals surface area (Å²) in [5.74, 6) is -0.830. The van der Waals surface area contributed by atoms with Gasteiger partial charge in [-0.15, -0.1) is 0 Å². The molecule has 13 nitrogen and oxygen atoms in total. The first kappa shape index (κ1) is 43.9. The van der Waals surface area contributed by atoms with Gasteiger partial charge in [-0.1, -0.05) is 57.0 Å². The fraction of sp³-hybridized carbons (Fsp3) is 0.349. The highest BCUT2D eigenvalue weighted by Crippen LogP contribution is 2.51. The number of anilines is 1. The van der Waals surface area contributed by atoms with Gasteiger partial charge in [-0.05, 0) is 97.8 Å². The monoisotopic (exact) mass is 865 g/mol. The van der Waals surface area contributed by atoms with E-state index in [1.54, 1.807) is 12.1 Å². The van der Waals surface area contributed by atoms with Gasteiger partial charge in [0.1, 0.15) is 11.4 Å². The third-order valence-electron chi connectivity index (χ3n) is 11.4. The Hall–Kier alpha value is -4.71. The van der Waals surface area contributed by atoms with Crippen molar-refractivity contribution < 1.29 is 53.4 Å². The SMILES string of the molecule is CCN1/C(=C/C=C/C=C/C2=[N+](CCCCCCCC(=O)O)c3ccc4c(S(=O)(=O)O)cc(S(=O)(=O)O)cc4c3C2(C)C)C(C)(C)c2c1ccc1ccc(S(=O)(=O)O)cc21. The summed E-state index contributed by atoms with van der Waals surface area (Å²) in [5.41, 5.74) is 3.64. The highest BCUT2D eigenvalue weighted by molar-refractivity contribution is 7.87. The number of rotatable bonds is 15. The predicted octanol–water partition coefficient (Wildman–Crippen LogP) is 8.35. The average Bonchev–Trinajstić information content (AvgIpc) is 3.50. The Morgan fingerprint density at radius 3 is 1.98 bits per heavy atom. The normalized spacial score (nSPS) is 17.3. The molecule has 2 aliphatic heterocycles. The number of likely N-dealkylation sites (N-methyl/N-ethyl adjacent to an activating group) is 1. The summed E-state index contributed by atoms with van der Waals surface area (Å²) in [7, 11) is -14.2. The first-order valence-electron chi connectivity index (χ1n) is 19.3. The number of fused-ring (bicyclic) bond motifs is 6. The standard InChI is InChI=1S/C43H48N2O11S3/c1-6-44-34-22-19-28-18-20-29(57(48,49)50)25-32(28)40(34)42(2,3)37(44)15-11-10-12-16-38-43(4,5)41-33-26-30(58(51,52)53)27-36(59(54,55)56)31(33)21-23-35(41)45(38)24-14-9-7-8-13-17-39(46)47/h10-12,15-16,18-23,25-27H,6-9,13-14,17,24H2,1-5H3,(H3-,46,47,48,49,50,51,52,53,54,55,56)/p+1. The Kier molecular flexibility index (Phi) is 11.9. The Labute approximate surface area is 345 Å². The lowest BCUT2D eigenvalue weighted by atomic mass is 9.79. The van der Waals surface area contributed by atoms with Crippen LogP contribution in [0, 0.1) is 0 Å². The maximum Gasteiger partial charge on any atom is 0.303 e. The quantitative estimate of drug-likeness (QED) is 0.0385. The van der Waals surface area contributed by atoms with E-state index < -0.39 is 56.9 Å². The van der Waals surface area contributed by atoms with Crippen molar-refractivity contribution >= 4 is 75.0 Å². The summed E-state index contributed by atoms with van der Waals surface area (Å²) in [4.78, 5) is 11.6. The van der Waals surface area contributed by atoms with Gasteiger partial charge in [0.2, 0.25) is 5.69 Å². The van der Waals surface area contributed by atoms with Gasteiger partial charge < -0.3 is 10.0 Å². The molecule has 314 valence electrons. The largest absolute Gasteiger partial charge is 0.481 e. The van der Waals surface area contributed by atoms with Crippen LogP contribution in [0.3, 0.4) is 0 Å². The number of allylic oxidation sites excluding steroid dienone is 6. The van der Waals surface area contributed by atoms with Crippen LogP contribution in [0.5, 0.6) is 0 Å². The minimum Gasteiger partial charge on any atom is -0.481 e. The molecular weight excluding hydrogens is 817 g/mol. The van der Waals surface area contributed by atoms with Crippen LogP contribution in [0.1, 0.15) is 84.3 Å². The molecule has 0 atom stereocenters. The second-order valence-electron chi connectivity index (χ2n) is 16.0. The first-order valence-corrected chi connectivity index (χ1v) is 23.6. The first-order chi connectivity index (χ1) is 27.5. The summed E-state index contributed by atoms with van der Waals surface area (Å²) < 4.78 is 106. The van der Waals surface area contributed by atoms with Gasteiger partial charge in [0.25, 0.3) is 30.4 Å². The van der Waals surface area contributed by atoms with Gasteiger partial charge in [-0.25, -0.2) is 0 Å². The number of carbonyl (C=O) groups is 1. The van der Waals surface area contributed by atoms with E-state index in [1.165, 1.54) is 24.3 Å². The van der Waals surface area contributed by atoms with Crippen LogP contribution in [-0.2, 0) is 46.0 Å². The van der Waals surface area contributed by atoms with E-state index in [0.29, 0.717) is 30.8 Å². The molecule has 16 heteroatoms. The number of carboxylic acids is 1. The lowest BCUT2D eigenvalue weighted by Crippen LogP contribution is -2.28. The van der Waals surface area contributed by atoms with E-state index in [1.807, 2.05) is 63.3 Å². The third-order valence-corrected chi connectivity index (χ3v) is 14.0. The van der Waals surface area contributed by atoms with Gasteiger partial charge in [0, 0.05) is 59.3 Å². The van der Waals surface area contributed by atoms with E-state index in [-0.39, 0.29) is 22.1 Å². The Morgan fingerprint density at radius 1 is 0.695 bits per heavy atom. The van der Waals surface area contributed by atoms with Gasteiger partial charge in [0.15, 0.2) is 5.71 Å². The summed E-state index contributed by atoms with van der Waals surface area (Å²) in [5, 5.41) is 10.9. The lowest BCUT2D eigenvalue weighted by molar-refractivity contribution is -0.438. The van der Waals surface area contributed by atoms with Crippen LogP contribution in [0.15, 0.2) is 105 Å². The molecule has 0 aromatic heterocycles. The average molecular weight is 866 g/mol. The molecule has 4 aromatic rings. The van der Waals surface area contributed by atoms with E-state index in [4.69, 9.17) is 5.11 Å². The minimum absolute atomic E-state index is 0.101. The molecule has 0 unspecified atom stereocenters. The number of nitrogens with zero attached hydrogens (tertiary/aromatic N) is 2. The van der Waals surface area contributed by atoms with Crippen molar-refractivity contribution in [1.82, 2.24) is 0 Å². The van der Waals surface area contributed by atoms with Crippen LogP contribution in [0.4, 0.5) is 11.4 Å². The van der Waals surface area contributed by atoms with Gasteiger partial charge in [-0.3, -0.25) is 18.5 Å². The zero-order chi connectivity index (χ0) is 43.3. The maximum absolute atomic E-state index is 12.5. The van der Waals surface area contributed by atoms with Crippen LogP contribution in [-0.4, -0.2) is 73.4 Å². The van der Waals surface area contributed by atoms with Crippen molar-refractivity contribution in [1.29, 1.82) is 0 Å². The van der Waals surface area contributed by atoms with E-state index >= 15 is 0 Å². The zero-order valence-corrected chi connectivity index (χ0v) is 36.0. The van der Waals surface area contributed by atoms with Gasteiger partial charge >= 0.3 is 5.97 Å². The molecule has 59 heavy (non-hydrogen) atoms. The topological polar surface area (TPSA) is 207 Å². The lowest BCUT2D eigenvalue weighted by Gasteiger charge is -2.26. The van der Waals surface area contributed by atoms with Crippen molar-refractivity contribution in [3.05, 3.63) is 102 Å². The molecule has 4 N–H and O–H groups in total. The van der Waals surface area contributed by atoms with Crippen LogP contribution >= 0.6 is 0 Å². The van der Waals surface area contributed by atoms with Crippen molar-refractivity contribution in [2.24, 2.45) is 0 Å². The molecule has 2 aliphatic rings. The Morgan fingerprint density at radius 2 is 1.34 bits per heavy atom. The summed E-state index contributed by atoms with van der Waals surface area (Å²) in [6.07, 6.45) is 13.5. The summed E-state index contributed by atoms with van der Waals surface area (Å²) in [6.45, 7) is 11.2. The highest BCUT2D eigenvalue weighted by atomic mass is 32.2. The third kappa shape index (κ3) is 8.52. The molecule has 0 amide bonds. The molecule has 0 saturated heterocycles. The predicted molar refractivity (Wildman–Crippen MR) is 228 cm³/mol. The highest BCUT2D eigenvalue weighted by Gasteiger charge is 2.46. The van der Waals surface area contributed by atoms with Crippen LogP contribution in [0.2, 0.25) is 0 Å². The summed E-state index contributed by atoms with van der Waals surface area (Å²) in [6, 6.07) is 13.8. The number of benzene rings is 4.